The highest BCUT2D eigenvalue weighted by Crippen LogP contribution is 2.37. The number of carbonyl (C=O) groups is 1. The molecule has 0 radical (unpaired) electrons. The van der Waals surface area contributed by atoms with Crippen LogP contribution in [0.25, 0.3) is 33.4 Å². The number of nitrogens with one attached hydrogen (secondary N) is 1. The maximum absolute atomic E-state index is 13.2. The van der Waals surface area contributed by atoms with Crippen LogP contribution in [0.3, 0.4) is 0 Å². The van der Waals surface area contributed by atoms with Gasteiger partial charge in [0.05, 0.1) is 35.2 Å². The van der Waals surface area contributed by atoms with Crippen molar-refractivity contribution >= 4 is 33.8 Å². The molecule has 1 amide bonds. The number of methoxy groups -OCH3 is 1. The third-order valence-electron chi connectivity index (χ3n) is 5.55. The third kappa shape index (κ3) is 4.52. The van der Waals surface area contributed by atoms with Gasteiger partial charge in [0.2, 0.25) is 0 Å². The number of halogens is 2. The van der Waals surface area contributed by atoms with E-state index in [1.807, 2.05) is 30.3 Å². The number of aromatic nitrogens is 5. The molecule has 3 heterocycles. The molecule has 2 aromatic carbocycles. The van der Waals surface area contributed by atoms with Crippen LogP contribution in [0.15, 0.2) is 60.5 Å². The standard InChI is InChI=1S/C25H20F2N6O2S/c1-14-24(36-13-30-14)25(34)31-19-8-16-18(9-20(19)35-2)28-12-29-23(16)17-10-33(11-21(26)27)32-22(17)15-6-4-3-5-7-15/h3-10,12-13,21H,11H2,1-2H3,(H,31,34). The van der Waals surface area contributed by atoms with Crippen molar-refractivity contribution in [3.63, 3.8) is 0 Å². The zero-order chi connectivity index (χ0) is 25.2. The summed E-state index contributed by atoms with van der Waals surface area (Å²) in [5, 5.41) is 7.91. The molecule has 11 heteroatoms. The number of hydrogen-bond donors (Lipinski definition) is 1. The quantitative estimate of drug-likeness (QED) is 0.315. The molecule has 1 N–H and O–H groups in total. The number of amides is 1. The van der Waals surface area contributed by atoms with Gasteiger partial charge < -0.3 is 10.1 Å². The number of thiazole rings is 1. The zero-order valence-corrected chi connectivity index (χ0v) is 20.1. The Morgan fingerprint density at radius 1 is 1.14 bits per heavy atom. The van der Waals surface area contributed by atoms with E-state index in [1.165, 1.54) is 29.5 Å². The highest BCUT2D eigenvalue weighted by atomic mass is 32.1. The second kappa shape index (κ2) is 9.78. The minimum absolute atomic E-state index is 0.319. The first-order chi connectivity index (χ1) is 17.4. The first kappa shape index (κ1) is 23.5. The van der Waals surface area contributed by atoms with Gasteiger partial charge in [0.25, 0.3) is 12.3 Å². The molecule has 0 bridgehead atoms. The van der Waals surface area contributed by atoms with E-state index in [9.17, 15) is 13.6 Å². The fourth-order valence-electron chi connectivity index (χ4n) is 3.90. The Balaban J connectivity index is 1.66. The van der Waals surface area contributed by atoms with Gasteiger partial charge in [-0.05, 0) is 13.0 Å². The minimum Gasteiger partial charge on any atom is -0.494 e. The van der Waals surface area contributed by atoms with Gasteiger partial charge in [-0.1, -0.05) is 30.3 Å². The summed E-state index contributed by atoms with van der Waals surface area (Å²) in [5.41, 5.74) is 5.54. The predicted octanol–water partition coefficient (Wildman–Crippen LogP) is 5.45. The molecule has 8 nitrogen and oxygen atoms in total. The summed E-state index contributed by atoms with van der Waals surface area (Å²) >= 11 is 1.24. The lowest BCUT2D eigenvalue weighted by Gasteiger charge is -2.13. The van der Waals surface area contributed by atoms with Crippen LogP contribution in [0.1, 0.15) is 15.4 Å². The van der Waals surface area contributed by atoms with Crippen LogP contribution < -0.4 is 10.1 Å². The summed E-state index contributed by atoms with van der Waals surface area (Å²) in [5.74, 6) is 0.0973. The van der Waals surface area contributed by atoms with Crippen molar-refractivity contribution < 1.29 is 18.3 Å². The first-order valence-corrected chi connectivity index (χ1v) is 11.8. The number of fused-ring (bicyclic) bond motifs is 1. The molecule has 182 valence electrons. The molecule has 0 aliphatic rings. The third-order valence-corrected chi connectivity index (χ3v) is 6.47. The molecule has 0 unspecified atom stereocenters. The predicted molar refractivity (Wildman–Crippen MR) is 134 cm³/mol. The van der Waals surface area contributed by atoms with Gasteiger partial charge in [-0.3, -0.25) is 9.48 Å². The van der Waals surface area contributed by atoms with Gasteiger partial charge in [-0.15, -0.1) is 11.3 Å². The van der Waals surface area contributed by atoms with E-state index in [4.69, 9.17) is 4.74 Å². The summed E-state index contributed by atoms with van der Waals surface area (Å²) in [6, 6.07) is 12.7. The van der Waals surface area contributed by atoms with E-state index in [-0.39, 0.29) is 5.91 Å². The topological polar surface area (TPSA) is 94.8 Å². The molecule has 5 aromatic rings. The van der Waals surface area contributed by atoms with Crippen molar-refractivity contribution in [2.45, 2.75) is 19.9 Å². The lowest BCUT2D eigenvalue weighted by atomic mass is 10.0. The molecular weight excluding hydrogens is 486 g/mol. The van der Waals surface area contributed by atoms with E-state index in [0.717, 1.165) is 5.56 Å². The van der Waals surface area contributed by atoms with Crippen LogP contribution in [0.4, 0.5) is 14.5 Å². The van der Waals surface area contributed by atoms with Gasteiger partial charge >= 0.3 is 0 Å². The molecule has 0 saturated heterocycles. The van der Waals surface area contributed by atoms with E-state index in [2.05, 4.69) is 25.4 Å². The number of alkyl halides is 2. The van der Waals surface area contributed by atoms with Crippen molar-refractivity contribution in [1.29, 1.82) is 0 Å². The average molecular weight is 507 g/mol. The van der Waals surface area contributed by atoms with E-state index < -0.39 is 13.0 Å². The summed E-state index contributed by atoms with van der Waals surface area (Å²) < 4.78 is 33.1. The van der Waals surface area contributed by atoms with Crippen LogP contribution in [-0.4, -0.2) is 44.2 Å². The Morgan fingerprint density at radius 2 is 1.94 bits per heavy atom. The molecule has 0 spiro atoms. The molecule has 0 aliphatic heterocycles. The van der Waals surface area contributed by atoms with Crippen LogP contribution >= 0.6 is 11.3 Å². The van der Waals surface area contributed by atoms with Crippen LogP contribution in [0.2, 0.25) is 0 Å². The number of carbonyl (C=O) groups excluding carboxylic acids is 1. The largest absolute Gasteiger partial charge is 0.494 e. The molecular formula is C25H20F2N6O2S. The molecule has 36 heavy (non-hydrogen) atoms. The highest BCUT2D eigenvalue weighted by Gasteiger charge is 2.21. The van der Waals surface area contributed by atoms with Crippen LogP contribution in [0, 0.1) is 6.92 Å². The zero-order valence-electron chi connectivity index (χ0n) is 19.3. The molecule has 0 aliphatic carbocycles. The maximum atomic E-state index is 13.2. The Hall–Kier alpha value is -4.25. The molecule has 0 fully saturated rings. The second-order valence-corrected chi connectivity index (χ2v) is 8.74. The van der Waals surface area contributed by atoms with Gasteiger partial charge in [-0.25, -0.2) is 23.7 Å². The monoisotopic (exact) mass is 506 g/mol. The summed E-state index contributed by atoms with van der Waals surface area (Å²) in [7, 11) is 1.50. The number of rotatable bonds is 7. The minimum atomic E-state index is -2.57. The summed E-state index contributed by atoms with van der Waals surface area (Å²) in [4.78, 5) is 26.3. The van der Waals surface area contributed by atoms with Crippen molar-refractivity contribution in [1.82, 2.24) is 24.7 Å². The highest BCUT2D eigenvalue weighted by molar-refractivity contribution is 7.12. The number of hydrogen-bond acceptors (Lipinski definition) is 7. The van der Waals surface area contributed by atoms with Crippen molar-refractivity contribution in [2.75, 3.05) is 12.4 Å². The van der Waals surface area contributed by atoms with Gasteiger partial charge in [0, 0.05) is 28.8 Å². The Morgan fingerprint density at radius 3 is 2.64 bits per heavy atom. The van der Waals surface area contributed by atoms with Crippen molar-refractivity contribution in [3.8, 4) is 28.3 Å². The Bertz CT molecular complexity index is 1550. The van der Waals surface area contributed by atoms with Gasteiger partial charge in [0.1, 0.15) is 29.2 Å². The molecule has 0 atom stereocenters. The first-order valence-electron chi connectivity index (χ1n) is 10.9. The number of anilines is 1. The van der Waals surface area contributed by atoms with E-state index >= 15 is 0 Å². The Kier molecular flexibility index (Phi) is 6.38. The van der Waals surface area contributed by atoms with Crippen molar-refractivity contribution in [2.24, 2.45) is 0 Å². The van der Waals surface area contributed by atoms with Gasteiger partial charge in [-0.2, -0.15) is 5.10 Å². The summed E-state index contributed by atoms with van der Waals surface area (Å²) in [6.07, 6.45) is 0.388. The summed E-state index contributed by atoms with van der Waals surface area (Å²) in [6.45, 7) is 1.21. The smallest absolute Gasteiger partial charge is 0.267 e. The fraction of sp³-hybridized carbons (Fsp3) is 0.160. The molecule has 5 rings (SSSR count). The second-order valence-electron chi connectivity index (χ2n) is 7.88. The lowest BCUT2D eigenvalue weighted by molar-refractivity contribution is 0.102. The van der Waals surface area contributed by atoms with E-state index in [0.29, 0.717) is 49.9 Å². The Labute approximate surface area is 208 Å². The maximum Gasteiger partial charge on any atom is 0.267 e. The fourth-order valence-corrected chi connectivity index (χ4v) is 4.60. The average Bonchev–Trinajstić information content (AvgIpc) is 3.49. The SMILES string of the molecule is COc1cc2ncnc(-c3cn(CC(F)F)nc3-c3ccccc3)c2cc1NC(=O)c1scnc1C. The normalized spacial score (nSPS) is 11.2. The lowest BCUT2D eigenvalue weighted by Crippen LogP contribution is -2.12. The molecule has 0 saturated carbocycles. The number of ether oxygens (including phenoxy) is 1. The number of benzene rings is 2. The number of nitrogens with zero attached hydrogens (tertiary/aromatic N) is 5. The molecule has 3 aromatic heterocycles. The number of aryl methyl sites for hydroxylation is 1. The van der Waals surface area contributed by atoms with Crippen LogP contribution in [0.5, 0.6) is 5.75 Å². The van der Waals surface area contributed by atoms with Gasteiger partial charge in [0.15, 0.2) is 0 Å². The van der Waals surface area contributed by atoms with E-state index in [1.54, 1.807) is 30.8 Å². The van der Waals surface area contributed by atoms with Crippen LogP contribution in [-0.2, 0) is 6.54 Å². The van der Waals surface area contributed by atoms with Crippen molar-refractivity contribution in [3.05, 3.63) is 71.1 Å².